The van der Waals surface area contributed by atoms with Crippen LogP contribution in [0.1, 0.15) is 5.56 Å². The number of aliphatic hydroxyl groups is 1. The van der Waals surface area contributed by atoms with Crippen LogP contribution in [-0.4, -0.2) is 64.8 Å². The molecule has 0 saturated carbocycles. The molecule has 44 heavy (non-hydrogen) atoms. The number of thioether (sulfide) groups is 1. The van der Waals surface area contributed by atoms with Crippen molar-refractivity contribution in [2.24, 2.45) is 0 Å². The number of hydrogen-bond acceptors (Lipinski definition) is 9. The first-order valence-electron chi connectivity index (χ1n) is 13.7. The normalized spacial score (nSPS) is 11.7. The highest BCUT2D eigenvalue weighted by molar-refractivity contribution is 7.99. The number of hydrogen-bond donors (Lipinski definition) is 2. The van der Waals surface area contributed by atoms with Crippen molar-refractivity contribution in [3.63, 3.8) is 0 Å². The van der Waals surface area contributed by atoms with Gasteiger partial charge in [-0.2, -0.15) is 0 Å². The lowest BCUT2D eigenvalue weighted by Gasteiger charge is -2.16. The van der Waals surface area contributed by atoms with Gasteiger partial charge in [0.1, 0.15) is 41.2 Å². The number of benzene rings is 4. The van der Waals surface area contributed by atoms with E-state index >= 15 is 0 Å². The van der Waals surface area contributed by atoms with E-state index in [2.05, 4.69) is 10.2 Å². The predicted octanol–water partition coefficient (Wildman–Crippen LogP) is 6.06. The smallest absolute Gasteiger partial charge is 0.191 e. The fourth-order valence-corrected chi connectivity index (χ4v) is 5.34. The van der Waals surface area contributed by atoms with E-state index in [4.69, 9.17) is 18.9 Å². The van der Waals surface area contributed by atoms with Gasteiger partial charge in [0.15, 0.2) is 11.0 Å². The number of aromatic nitrogens is 3. The Balaban J connectivity index is 1.35. The van der Waals surface area contributed by atoms with E-state index in [-0.39, 0.29) is 18.1 Å². The fourth-order valence-electron chi connectivity index (χ4n) is 4.50. The van der Waals surface area contributed by atoms with Gasteiger partial charge in [0.25, 0.3) is 0 Å². The van der Waals surface area contributed by atoms with Crippen LogP contribution in [0.2, 0.25) is 0 Å². The summed E-state index contributed by atoms with van der Waals surface area (Å²) in [6.45, 7) is 0.433. The number of methoxy groups -OCH3 is 3. The number of phenolic OH excluding ortho intramolecular Hbond substituents is 1. The molecule has 0 aliphatic carbocycles. The zero-order valence-corrected chi connectivity index (χ0v) is 25.3. The van der Waals surface area contributed by atoms with Gasteiger partial charge in [0.2, 0.25) is 0 Å². The number of halogens is 1. The van der Waals surface area contributed by atoms with Crippen LogP contribution >= 0.6 is 11.8 Å². The average molecular weight is 618 g/mol. The van der Waals surface area contributed by atoms with Crippen molar-refractivity contribution >= 4 is 11.8 Å². The zero-order valence-electron chi connectivity index (χ0n) is 24.4. The molecular formula is C33H32FN3O6S. The van der Waals surface area contributed by atoms with Crippen LogP contribution in [0.5, 0.6) is 28.7 Å². The molecule has 1 heterocycles. The molecule has 1 unspecified atom stereocenters. The van der Waals surface area contributed by atoms with Crippen LogP contribution in [0.25, 0.3) is 22.5 Å². The third-order valence-electron chi connectivity index (χ3n) is 6.78. The average Bonchev–Trinajstić information content (AvgIpc) is 3.45. The van der Waals surface area contributed by atoms with Crippen LogP contribution in [0, 0.1) is 5.82 Å². The lowest BCUT2D eigenvalue weighted by atomic mass is 10.0. The quantitative estimate of drug-likeness (QED) is 0.152. The molecule has 0 amide bonds. The summed E-state index contributed by atoms with van der Waals surface area (Å²) in [6, 6.07) is 23.8. The third-order valence-corrected chi connectivity index (χ3v) is 7.89. The number of rotatable bonds is 13. The van der Waals surface area contributed by atoms with Crippen molar-refractivity contribution in [2.75, 3.05) is 33.7 Å². The minimum atomic E-state index is -0.871. The van der Waals surface area contributed by atoms with Crippen LogP contribution in [0.15, 0.2) is 90.1 Å². The van der Waals surface area contributed by atoms with Gasteiger partial charge in [-0.1, -0.05) is 36.0 Å². The number of ether oxygens (including phenoxy) is 4. The summed E-state index contributed by atoms with van der Waals surface area (Å²) < 4.78 is 38.2. The predicted molar refractivity (Wildman–Crippen MR) is 166 cm³/mol. The standard InChI is InChI=1S/C33H32FN3O6S/c1-40-27-11-4-21(5-12-27)18-37-32(23-14-28(41-2)17-29(15-23)42-3)35-36-33(37)44-20-26(39)19-43-31-13-8-24(34)16-30(31)22-6-9-25(38)10-7-22/h4-17,26,38-39H,18-20H2,1-3H3. The molecule has 0 aliphatic heterocycles. The van der Waals surface area contributed by atoms with E-state index in [0.29, 0.717) is 45.9 Å². The number of phenols is 1. The number of nitrogens with zero attached hydrogens (tertiary/aromatic N) is 3. The van der Waals surface area contributed by atoms with Crippen LogP contribution in [0.4, 0.5) is 4.39 Å². The van der Waals surface area contributed by atoms with E-state index < -0.39 is 11.9 Å². The summed E-state index contributed by atoms with van der Waals surface area (Å²) in [5.41, 5.74) is 2.96. The summed E-state index contributed by atoms with van der Waals surface area (Å²) >= 11 is 1.34. The Morgan fingerprint density at radius 3 is 2.14 bits per heavy atom. The Kier molecular flexibility index (Phi) is 9.88. The molecule has 0 aliphatic rings. The third kappa shape index (κ3) is 7.42. The minimum absolute atomic E-state index is 0.0315. The second-order valence-corrected chi connectivity index (χ2v) is 10.8. The van der Waals surface area contributed by atoms with Gasteiger partial charge in [-0.15, -0.1) is 10.2 Å². The van der Waals surface area contributed by atoms with Gasteiger partial charge < -0.3 is 29.2 Å². The molecule has 9 nitrogen and oxygen atoms in total. The molecule has 228 valence electrons. The second-order valence-electron chi connectivity index (χ2n) is 9.80. The summed E-state index contributed by atoms with van der Waals surface area (Å²) in [7, 11) is 4.80. The van der Waals surface area contributed by atoms with Crippen molar-refractivity contribution in [3.05, 3.63) is 96.3 Å². The molecule has 2 N–H and O–H groups in total. The van der Waals surface area contributed by atoms with Crippen LogP contribution in [-0.2, 0) is 6.54 Å². The highest BCUT2D eigenvalue weighted by Gasteiger charge is 2.19. The van der Waals surface area contributed by atoms with E-state index in [1.165, 1.54) is 42.1 Å². The maximum atomic E-state index is 14.1. The molecule has 1 atom stereocenters. The second kappa shape index (κ2) is 14.2. The lowest BCUT2D eigenvalue weighted by Crippen LogP contribution is -2.20. The zero-order chi connectivity index (χ0) is 31.1. The Labute approximate surface area is 258 Å². The summed E-state index contributed by atoms with van der Waals surface area (Å²) in [5.74, 6) is 2.96. The molecule has 0 saturated heterocycles. The van der Waals surface area contributed by atoms with Crippen molar-refractivity contribution in [3.8, 4) is 51.3 Å². The van der Waals surface area contributed by atoms with Crippen molar-refractivity contribution in [1.82, 2.24) is 14.8 Å². The highest BCUT2D eigenvalue weighted by atomic mass is 32.2. The first-order valence-corrected chi connectivity index (χ1v) is 14.7. The molecule has 5 aromatic rings. The Morgan fingerprint density at radius 2 is 1.48 bits per heavy atom. The van der Waals surface area contributed by atoms with Crippen LogP contribution in [0.3, 0.4) is 0 Å². The van der Waals surface area contributed by atoms with Gasteiger partial charge >= 0.3 is 0 Å². The Bertz CT molecular complexity index is 1670. The highest BCUT2D eigenvalue weighted by Crippen LogP contribution is 2.34. The maximum absolute atomic E-state index is 14.1. The number of aromatic hydroxyl groups is 1. The Morgan fingerprint density at radius 1 is 0.795 bits per heavy atom. The molecule has 4 aromatic carbocycles. The van der Waals surface area contributed by atoms with Crippen molar-refractivity contribution in [2.45, 2.75) is 17.8 Å². The largest absolute Gasteiger partial charge is 0.508 e. The van der Waals surface area contributed by atoms with Gasteiger partial charge in [-0.05, 0) is 65.7 Å². The topological polar surface area (TPSA) is 108 Å². The molecule has 11 heteroatoms. The Hall–Kier alpha value is -4.74. The molecular weight excluding hydrogens is 585 g/mol. The first kappa shape index (κ1) is 30.7. The van der Waals surface area contributed by atoms with Crippen molar-refractivity contribution in [1.29, 1.82) is 0 Å². The van der Waals surface area contributed by atoms with Gasteiger partial charge in [0, 0.05) is 22.9 Å². The van der Waals surface area contributed by atoms with E-state index in [0.717, 1.165) is 16.9 Å². The molecule has 0 radical (unpaired) electrons. The summed E-state index contributed by atoms with van der Waals surface area (Å²) in [6.07, 6.45) is -0.871. The SMILES string of the molecule is COc1ccc(Cn2c(SCC(O)COc3ccc(F)cc3-c3ccc(O)cc3)nnc2-c2cc(OC)cc(OC)c2)cc1. The van der Waals surface area contributed by atoms with Crippen molar-refractivity contribution < 1.29 is 33.6 Å². The molecule has 0 bridgehead atoms. The maximum Gasteiger partial charge on any atom is 0.191 e. The van der Waals surface area contributed by atoms with Gasteiger partial charge in [-0.25, -0.2) is 4.39 Å². The minimum Gasteiger partial charge on any atom is -0.508 e. The molecule has 5 rings (SSSR count). The molecule has 0 fully saturated rings. The van der Waals surface area contributed by atoms with E-state index in [1.807, 2.05) is 41.0 Å². The first-order chi connectivity index (χ1) is 21.4. The van der Waals surface area contributed by atoms with E-state index in [9.17, 15) is 14.6 Å². The monoisotopic (exact) mass is 617 g/mol. The van der Waals surface area contributed by atoms with Gasteiger partial charge in [-0.3, -0.25) is 4.57 Å². The lowest BCUT2D eigenvalue weighted by molar-refractivity contribution is 0.126. The number of aliphatic hydroxyl groups excluding tert-OH is 1. The summed E-state index contributed by atoms with van der Waals surface area (Å²) in [5, 5.41) is 30.0. The summed E-state index contributed by atoms with van der Waals surface area (Å²) in [4.78, 5) is 0. The van der Waals surface area contributed by atoms with E-state index in [1.54, 1.807) is 39.5 Å². The molecule has 0 spiro atoms. The van der Waals surface area contributed by atoms with Crippen LogP contribution < -0.4 is 18.9 Å². The molecule has 1 aromatic heterocycles. The fraction of sp³-hybridized carbons (Fsp3) is 0.212. The van der Waals surface area contributed by atoms with Gasteiger partial charge in [0.05, 0.1) is 34.0 Å².